The van der Waals surface area contributed by atoms with Crippen molar-refractivity contribution < 1.29 is 4.39 Å². The van der Waals surface area contributed by atoms with Crippen LogP contribution in [0.5, 0.6) is 0 Å². The molecule has 15 heavy (non-hydrogen) atoms. The fraction of sp³-hybridized carbons (Fsp3) is 0.385. The van der Waals surface area contributed by atoms with Crippen LogP contribution in [0.25, 0.3) is 0 Å². The number of aryl methyl sites for hydroxylation is 1. The molecule has 0 aromatic heterocycles. The molecule has 0 heterocycles. The smallest absolute Gasteiger partial charge is 0.123 e. The molecular weight excluding hydrogens is 189 g/mol. The lowest BCUT2D eigenvalue weighted by Gasteiger charge is -2.10. The monoisotopic (exact) mass is 207 g/mol. The van der Waals surface area contributed by atoms with Crippen LogP contribution in [0.3, 0.4) is 0 Å². The second-order valence-electron chi connectivity index (χ2n) is 3.80. The van der Waals surface area contributed by atoms with E-state index in [1.54, 1.807) is 6.07 Å². The summed E-state index contributed by atoms with van der Waals surface area (Å²) in [4.78, 5) is 0. The summed E-state index contributed by atoms with van der Waals surface area (Å²) in [7, 11) is 0. The average Bonchev–Trinajstić information content (AvgIpc) is 2.21. The summed E-state index contributed by atoms with van der Waals surface area (Å²) in [5.74, 6) is -0.163. The maximum absolute atomic E-state index is 12.8. The molecule has 0 spiro atoms. The summed E-state index contributed by atoms with van der Waals surface area (Å²) in [6, 6.07) is 5.27. The van der Waals surface area contributed by atoms with Gasteiger partial charge in [-0.25, -0.2) is 4.39 Å². The number of hydrogen-bond donors (Lipinski definition) is 1. The summed E-state index contributed by atoms with van der Waals surface area (Å²) in [6.45, 7) is 8.59. The summed E-state index contributed by atoms with van der Waals surface area (Å²) in [5, 5.41) is 3.31. The minimum atomic E-state index is -0.163. The van der Waals surface area contributed by atoms with E-state index in [4.69, 9.17) is 0 Å². The first-order valence-corrected chi connectivity index (χ1v) is 5.24. The van der Waals surface area contributed by atoms with Crippen molar-refractivity contribution in [1.29, 1.82) is 0 Å². The molecule has 0 aliphatic heterocycles. The molecule has 0 fully saturated rings. The minimum Gasteiger partial charge on any atom is -0.310 e. The average molecular weight is 207 g/mol. The first-order valence-electron chi connectivity index (χ1n) is 5.24. The molecule has 1 aromatic carbocycles. The standard InChI is InChI=1S/C13H18FN/c1-4-11(3)15-8-7-12-5-6-13(14)9-10(12)2/h4-6,9,11,15H,1,7-8H2,2-3H3. The second-order valence-corrected chi connectivity index (χ2v) is 3.80. The summed E-state index contributed by atoms with van der Waals surface area (Å²) in [5.41, 5.74) is 2.21. The zero-order chi connectivity index (χ0) is 11.3. The number of rotatable bonds is 5. The molecular formula is C13H18FN. The van der Waals surface area contributed by atoms with Gasteiger partial charge in [-0.3, -0.25) is 0 Å². The van der Waals surface area contributed by atoms with Gasteiger partial charge in [0.25, 0.3) is 0 Å². The fourth-order valence-electron chi connectivity index (χ4n) is 1.46. The number of hydrogen-bond acceptors (Lipinski definition) is 1. The molecule has 0 bridgehead atoms. The van der Waals surface area contributed by atoms with Gasteiger partial charge < -0.3 is 5.32 Å². The lowest BCUT2D eigenvalue weighted by Crippen LogP contribution is -2.26. The van der Waals surface area contributed by atoms with Crippen LogP contribution < -0.4 is 5.32 Å². The van der Waals surface area contributed by atoms with E-state index in [0.717, 1.165) is 18.5 Å². The Morgan fingerprint density at radius 2 is 2.27 bits per heavy atom. The highest BCUT2D eigenvalue weighted by atomic mass is 19.1. The first kappa shape index (κ1) is 11.9. The van der Waals surface area contributed by atoms with Gasteiger partial charge in [-0.2, -0.15) is 0 Å². The number of benzene rings is 1. The third kappa shape index (κ3) is 3.84. The van der Waals surface area contributed by atoms with Crippen molar-refractivity contribution >= 4 is 0 Å². The van der Waals surface area contributed by atoms with Gasteiger partial charge in [-0.15, -0.1) is 6.58 Å². The van der Waals surface area contributed by atoms with Gasteiger partial charge in [0.15, 0.2) is 0 Å². The SMILES string of the molecule is C=CC(C)NCCc1ccc(F)cc1C. The molecule has 0 amide bonds. The van der Waals surface area contributed by atoms with Crippen LogP contribution in [0, 0.1) is 12.7 Å². The van der Waals surface area contributed by atoms with Crippen molar-refractivity contribution in [1.82, 2.24) is 5.32 Å². The molecule has 2 heteroatoms. The van der Waals surface area contributed by atoms with E-state index in [1.807, 2.05) is 19.1 Å². The highest BCUT2D eigenvalue weighted by Gasteiger charge is 2.00. The highest BCUT2D eigenvalue weighted by molar-refractivity contribution is 5.26. The Balaban J connectivity index is 2.47. The summed E-state index contributed by atoms with van der Waals surface area (Å²) < 4.78 is 12.8. The van der Waals surface area contributed by atoms with Crippen LogP contribution in [-0.2, 0) is 6.42 Å². The highest BCUT2D eigenvalue weighted by Crippen LogP contribution is 2.10. The van der Waals surface area contributed by atoms with Crippen molar-refractivity contribution in [2.75, 3.05) is 6.54 Å². The second kappa shape index (κ2) is 5.66. The summed E-state index contributed by atoms with van der Waals surface area (Å²) >= 11 is 0. The van der Waals surface area contributed by atoms with Gasteiger partial charge in [0.2, 0.25) is 0 Å². The largest absolute Gasteiger partial charge is 0.310 e. The first-order chi connectivity index (χ1) is 7.13. The molecule has 1 atom stereocenters. The van der Waals surface area contributed by atoms with Gasteiger partial charge in [-0.05, 0) is 50.1 Å². The Morgan fingerprint density at radius 1 is 1.53 bits per heavy atom. The Kier molecular flexibility index (Phi) is 4.50. The van der Waals surface area contributed by atoms with E-state index in [1.165, 1.54) is 11.6 Å². The zero-order valence-corrected chi connectivity index (χ0v) is 9.39. The van der Waals surface area contributed by atoms with Gasteiger partial charge >= 0.3 is 0 Å². The third-order valence-corrected chi connectivity index (χ3v) is 2.52. The molecule has 0 saturated heterocycles. The van der Waals surface area contributed by atoms with E-state index in [9.17, 15) is 4.39 Å². The van der Waals surface area contributed by atoms with E-state index < -0.39 is 0 Å². The third-order valence-electron chi connectivity index (χ3n) is 2.52. The normalized spacial score (nSPS) is 12.5. The van der Waals surface area contributed by atoms with Crippen molar-refractivity contribution in [2.45, 2.75) is 26.3 Å². The number of halogens is 1. The quantitative estimate of drug-likeness (QED) is 0.732. The predicted molar refractivity (Wildman–Crippen MR) is 62.5 cm³/mol. The molecule has 1 aromatic rings. The van der Waals surface area contributed by atoms with Crippen LogP contribution >= 0.6 is 0 Å². The van der Waals surface area contributed by atoms with Crippen molar-refractivity contribution in [3.63, 3.8) is 0 Å². The lowest BCUT2D eigenvalue weighted by molar-refractivity contribution is 0.619. The molecule has 1 nitrogen and oxygen atoms in total. The van der Waals surface area contributed by atoms with Gasteiger partial charge in [0.1, 0.15) is 5.82 Å². The molecule has 1 N–H and O–H groups in total. The Hall–Kier alpha value is -1.15. The van der Waals surface area contributed by atoms with Crippen molar-refractivity contribution in [3.05, 3.63) is 47.8 Å². The van der Waals surface area contributed by atoms with Gasteiger partial charge in [-0.1, -0.05) is 12.1 Å². The topological polar surface area (TPSA) is 12.0 Å². The van der Waals surface area contributed by atoms with E-state index in [-0.39, 0.29) is 5.82 Å². The van der Waals surface area contributed by atoms with Crippen LogP contribution in [0.2, 0.25) is 0 Å². The Morgan fingerprint density at radius 3 is 2.87 bits per heavy atom. The summed E-state index contributed by atoms with van der Waals surface area (Å²) in [6.07, 6.45) is 2.79. The molecule has 1 unspecified atom stereocenters. The van der Waals surface area contributed by atoms with Crippen molar-refractivity contribution in [3.8, 4) is 0 Å². The molecule has 82 valence electrons. The Labute approximate surface area is 91.0 Å². The van der Waals surface area contributed by atoms with E-state index in [0.29, 0.717) is 6.04 Å². The Bertz CT molecular complexity index is 333. The van der Waals surface area contributed by atoms with E-state index >= 15 is 0 Å². The molecule has 0 aliphatic carbocycles. The predicted octanol–water partition coefficient (Wildman–Crippen LogP) is 2.84. The number of nitrogens with one attached hydrogen (secondary N) is 1. The fourth-order valence-corrected chi connectivity index (χ4v) is 1.46. The molecule has 0 aliphatic rings. The van der Waals surface area contributed by atoms with Crippen LogP contribution in [0.15, 0.2) is 30.9 Å². The van der Waals surface area contributed by atoms with Gasteiger partial charge in [0, 0.05) is 6.04 Å². The van der Waals surface area contributed by atoms with E-state index in [2.05, 4.69) is 18.8 Å². The maximum atomic E-state index is 12.8. The molecule has 0 saturated carbocycles. The molecule has 0 radical (unpaired) electrons. The van der Waals surface area contributed by atoms with Crippen molar-refractivity contribution in [2.24, 2.45) is 0 Å². The maximum Gasteiger partial charge on any atom is 0.123 e. The van der Waals surface area contributed by atoms with Crippen LogP contribution in [0.4, 0.5) is 4.39 Å². The van der Waals surface area contributed by atoms with Crippen LogP contribution in [0.1, 0.15) is 18.1 Å². The zero-order valence-electron chi connectivity index (χ0n) is 9.39. The van der Waals surface area contributed by atoms with Gasteiger partial charge in [0.05, 0.1) is 0 Å². The lowest BCUT2D eigenvalue weighted by atomic mass is 10.1. The molecule has 1 rings (SSSR count). The minimum absolute atomic E-state index is 0.163. The van der Waals surface area contributed by atoms with Crippen LogP contribution in [-0.4, -0.2) is 12.6 Å².